The zero-order chi connectivity index (χ0) is 26.3. The SMILES string of the molecule is CC(C)NCCN[C@@H]1CC[C@]2(C)C3CC[C@@]4(C)C(CC[C@@H]4[C@H](C)CC[C@@H](O)C(C)C)C3C(O)C[C@H]2C1. The van der Waals surface area contributed by atoms with Gasteiger partial charge in [-0.05, 0) is 116 Å². The zero-order valence-corrected chi connectivity index (χ0v) is 24.7. The molecule has 4 N–H and O–H groups in total. The molecule has 4 saturated carbocycles. The third-order valence-electron chi connectivity index (χ3n) is 12.2. The maximum absolute atomic E-state index is 11.7. The molecule has 0 saturated heterocycles. The molecule has 4 aliphatic carbocycles. The number of aliphatic hydroxyl groups is 2. The molecule has 4 nitrogen and oxygen atoms in total. The number of hydrogen-bond donors (Lipinski definition) is 4. The molecule has 0 aromatic rings. The maximum atomic E-state index is 11.7. The average molecular weight is 505 g/mol. The second-order valence-corrected chi connectivity index (χ2v) is 14.9. The molecule has 0 aromatic heterocycles. The molecule has 4 fully saturated rings. The summed E-state index contributed by atoms with van der Waals surface area (Å²) >= 11 is 0. The predicted octanol–water partition coefficient (Wildman–Crippen LogP) is 6.01. The van der Waals surface area contributed by atoms with Crippen LogP contribution in [0.1, 0.15) is 113 Å². The van der Waals surface area contributed by atoms with Gasteiger partial charge in [-0.3, -0.25) is 0 Å². The van der Waals surface area contributed by atoms with Gasteiger partial charge < -0.3 is 20.8 Å². The van der Waals surface area contributed by atoms with Crippen molar-refractivity contribution in [1.29, 1.82) is 0 Å². The van der Waals surface area contributed by atoms with Crippen molar-refractivity contribution >= 4 is 0 Å². The van der Waals surface area contributed by atoms with E-state index in [0.29, 0.717) is 58.4 Å². The van der Waals surface area contributed by atoms with Crippen LogP contribution in [-0.4, -0.2) is 47.6 Å². The van der Waals surface area contributed by atoms with Crippen LogP contribution in [0.2, 0.25) is 0 Å². The van der Waals surface area contributed by atoms with Crippen molar-refractivity contribution in [3.05, 3.63) is 0 Å². The van der Waals surface area contributed by atoms with Crippen LogP contribution in [0.5, 0.6) is 0 Å². The Balaban J connectivity index is 1.39. The standard InChI is InChI=1S/C32H60N2O2/c1-20(2)28(35)11-8-22(5)25-9-10-26-30-27(13-15-32(25,26)7)31(6)14-12-24(18-23(31)19-29(30)36)34-17-16-33-21(3)4/h20-30,33-36H,8-19H2,1-7H3/t22-,23-,24-,25-,26?,27?,28-,29?,30?,31+,32-/m1/s1. The fourth-order valence-electron chi connectivity index (χ4n) is 9.99. The molecule has 4 rings (SSSR count). The van der Waals surface area contributed by atoms with Crippen LogP contribution in [0.3, 0.4) is 0 Å². The molecular weight excluding hydrogens is 444 g/mol. The Labute approximate surface area is 223 Å². The minimum absolute atomic E-state index is 0.115. The van der Waals surface area contributed by atoms with Crippen LogP contribution in [0.4, 0.5) is 0 Å². The van der Waals surface area contributed by atoms with Crippen molar-refractivity contribution in [3.63, 3.8) is 0 Å². The molecule has 0 heterocycles. The Kier molecular flexibility index (Phi) is 9.23. The normalized spacial score (nSPS) is 44.2. The van der Waals surface area contributed by atoms with E-state index >= 15 is 0 Å². The molecule has 4 heteroatoms. The van der Waals surface area contributed by atoms with Gasteiger partial charge in [-0.1, -0.05) is 48.5 Å². The second kappa shape index (κ2) is 11.5. The van der Waals surface area contributed by atoms with Gasteiger partial charge in [0.15, 0.2) is 0 Å². The topological polar surface area (TPSA) is 64.5 Å². The Hall–Kier alpha value is -0.160. The van der Waals surface area contributed by atoms with Crippen LogP contribution in [0.15, 0.2) is 0 Å². The van der Waals surface area contributed by atoms with Crippen molar-refractivity contribution in [2.24, 2.45) is 52.3 Å². The molecule has 4 unspecified atom stereocenters. The molecule has 0 aromatic carbocycles. The Morgan fingerprint density at radius 3 is 2.22 bits per heavy atom. The molecule has 36 heavy (non-hydrogen) atoms. The van der Waals surface area contributed by atoms with Crippen molar-refractivity contribution < 1.29 is 10.2 Å². The highest BCUT2D eigenvalue weighted by atomic mass is 16.3. The summed E-state index contributed by atoms with van der Waals surface area (Å²) in [6.45, 7) is 18.4. The highest BCUT2D eigenvalue weighted by molar-refractivity contribution is 5.12. The fourth-order valence-corrected chi connectivity index (χ4v) is 9.99. The van der Waals surface area contributed by atoms with E-state index in [4.69, 9.17) is 0 Å². The summed E-state index contributed by atoms with van der Waals surface area (Å²) in [5.41, 5.74) is 0.778. The Morgan fingerprint density at radius 1 is 0.833 bits per heavy atom. The molecule has 0 aliphatic heterocycles. The monoisotopic (exact) mass is 504 g/mol. The molecule has 0 bridgehead atoms. The molecule has 0 spiro atoms. The van der Waals surface area contributed by atoms with Crippen molar-refractivity contribution in [2.75, 3.05) is 13.1 Å². The smallest absolute Gasteiger partial charge is 0.0577 e. The number of aliphatic hydroxyl groups excluding tert-OH is 2. The first-order chi connectivity index (χ1) is 17.0. The van der Waals surface area contributed by atoms with Crippen LogP contribution >= 0.6 is 0 Å². The number of rotatable bonds is 10. The molecule has 0 amide bonds. The van der Waals surface area contributed by atoms with E-state index in [1.54, 1.807) is 0 Å². The minimum atomic E-state index is -0.165. The van der Waals surface area contributed by atoms with Crippen molar-refractivity contribution in [3.8, 4) is 0 Å². The first-order valence-electron chi connectivity index (χ1n) is 15.8. The minimum Gasteiger partial charge on any atom is -0.393 e. The van der Waals surface area contributed by atoms with Gasteiger partial charge in [-0.15, -0.1) is 0 Å². The van der Waals surface area contributed by atoms with Gasteiger partial charge in [0, 0.05) is 25.2 Å². The van der Waals surface area contributed by atoms with E-state index in [2.05, 4.69) is 59.1 Å². The number of nitrogens with one attached hydrogen (secondary N) is 2. The lowest BCUT2D eigenvalue weighted by molar-refractivity contribution is -0.167. The second-order valence-electron chi connectivity index (χ2n) is 14.9. The average Bonchev–Trinajstić information content (AvgIpc) is 3.17. The molecule has 0 radical (unpaired) electrons. The van der Waals surface area contributed by atoms with Gasteiger partial charge >= 0.3 is 0 Å². The molecule has 11 atom stereocenters. The van der Waals surface area contributed by atoms with E-state index in [1.807, 2.05) is 0 Å². The van der Waals surface area contributed by atoms with E-state index in [9.17, 15) is 10.2 Å². The fraction of sp³-hybridized carbons (Fsp3) is 1.00. The Morgan fingerprint density at radius 2 is 1.53 bits per heavy atom. The van der Waals surface area contributed by atoms with E-state index in [0.717, 1.165) is 38.3 Å². The van der Waals surface area contributed by atoms with Crippen LogP contribution in [0, 0.1) is 52.3 Å². The first-order valence-corrected chi connectivity index (χ1v) is 15.8. The van der Waals surface area contributed by atoms with Gasteiger partial charge in [0.25, 0.3) is 0 Å². The number of hydrogen-bond acceptors (Lipinski definition) is 4. The van der Waals surface area contributed by atoms with Crippen LogP contribution in [0.25, 0.3) is 0 Å². The van der Waals surface area contributed by atoms with Crippen LogP contribution < -0.4 is 10.6 Å². The van der Waals surface area contributed by atoms with Gasteiger partial charge in [-0.2, -0.15) is 0 Å². The van der Waals surface area contributed by atoms with Gasteiger partial charge in [0.2, 0.25) is 0 Å². The van der Waals surface area contributed by atoms with Gasteiger partial charge in [0.1, 0.15) is 0 Å². The van der Waals surface area contributed by atoms with Gasteiger partial charge in [-0.25, -0.2) is 0 Å². The zero-order valence-electron chi connectivity index (χ0n) is 24.7. The van der Waals surface area contributed by atoms with E-state index in [-0.39, 0.29) is 12.2 Å². The summed E-state index contributed by atoms with van der Waals surface area (Å²) in [6, 6.07) is 1.17. The molecule has 210 valence electrons. The summed E-state index contributed by atoms with van der Waals surface area (Å²) in [5, 5.41) is 29.5. The van der Waals surface area contributed by atoms with Gasteiger partial charge in [0.05, 0.1) is 12.2 Å². The summed E-state index contributed by atoms with van der Waals surface area (Å²) < 4.78 is 0. The summed E-state index contributed by atoms with van der Waals surface area (Å²) in [4.78, 5) is 0. The summed E-state index contributed by atoms with van der Waals surface area (Å²) in [6.07, 6.45) is 12.0. The largest absolute Gasteiger partial charge is 0.393 e. The predicted molar refractivity (Wildman–Crippen MR) is 151 cm³/mol. The van der Waals surface area contributed by atoms with E-state index < -0.39 is 0 Å². The highest BCUT2D eigenvalue weighted by Gasteiger charge is 2.62. The first kappa shape index (κ1) is 28.8. The highest BCUT2D eigenvalue weighted by Crippen LogP contribution is 2.68. The number of fused-ring (bicyclic) bond motifs is 5. The lowest BCUT2D eigenvalue weighted by atomic mass is 9.43. The van der Waals surface area contributed by atoms with E-state index in [1.165, 1.54) is 44.9 Å². The lowest BCUT2D eigenvalue weighted by Crippen LogP contribution is -2.59. The molecule has 4 aliphatic rings. The van der Waals surface area contributed by atoms with Crippen molar-refractivity contribution in [2.45, 2.75) is 137 Å². The summed E-state index contributed by atoms with van der Waals surface area (Å²) in [5.74, 6) is 4.32. The third-order valence-corrected chi connectivity index (χ3v) is 12.2. The third kappa shape index (κ3) is 5.58. The summed E-state index contributed by atoms with van der Waals surface area (Å²) in [7, 11) is 0. The van der Waals surface area contributed by atoms with Crippen molar-refractivity contribution in [1.82, 2.24) is 10.6 Å². The lowest BCUT2D eigenvalue weighted by Gasteiger charge is -2.62. The molecular formula is C32H60N2O2. The maximum Gasteiger partial charge on any atom is 0.0577 e. The quantitative estimate of drug-likeness (QED) is 0.275. The van der Waals surface area contributed by atoms with Crippen LogP contribution in [-0.2, 0) is 0 Å². The Bertz CT molecular complexity index is 712.